The Morgan fingerprint density at radius 1 is 1.13 bits per heavy atom. The Bertz CT molecular complexity index is 268. The van der Waals surface area contributed by atoms with Crippen LogP contribution in [0, 0.1) is 5.41 Å². The van der Waals surface area contributed by atoms with Crippen molar-refractivity contribution in [2.45, 2.75) is 38.5 Å². The maximum Gasteiger partial charge on any atom is 0.407 e. The summed E-state index contributed by atoms with van der Waals surface area (Å²) in [6.45, 7) is 1.28. The fourth-order valence-electron chi connectivity index (χ4n) is 2.73. The van der Waals surface area contributed by atoms with Crippen LogP contribution in [-0.4, -0.2) is 35.0 Å². The Labute approximate surface area is 89.3 Å². The van der Waals surface area contributed by atoms with E-state index in [4.69, 9.17) is 5.11 Å². The molecule has 84 valence electrons. The number of carbonyl (C=O) groups excluding carboxylic acids is 1. The first-order valence-electron chi connectivity index (χ1n) is 5.61. The number of hydrogen-bond donors (Lipinski definition) is 1. The van der Waals surface area contributed by atoms with Crippen molar-refractivity contribution >= 4 is 11.9 Å². The van der Waals surface area contributed by atoms with Gasteiger partial charge >= 0.3 is 6.09 Å². The number of piperidine rings is 1. The van der Waals surface area contributed by atoms with Gasteiger partial charge in [-0.2, -0.15) is 0 Å². The van der Waals surface area contributed by atoms with E-state index in [2.05, 4.69) is 0 Å². The molecule has 4 nitrogen and oxygen atoms in total. The second-order valence-corrected chi connectivity index (χ2v) is 4.81. The molecule has 1 N–H and O–H groups in total. The van der Waals surface area contributed by atoms with Crippen LogP contribution in [0.15, 0.2) is 0 Å². The number of carboxylic acid groups (broad SMARTS) is 1. The van der Waals surface area contributed by atoms with Crippen molar-refractivity contribution in [3.8, 4) is 0 Å². The van der Waals surface area contributed by atoms with E-state index in [1.807, 2.05) is 0 Å². The smallest absolute Gasteiger partial charge is 0.407 e. The molecule has 1 saturated carbocycles. The lowest BCUT2D eigenvalue weighted by atomic mass is 9.68. The summed E-state index contributed by atoms with van der Waals surface area (Å²) in [6, 6.07) is 0. The molecule has 1 amide bonds. The zero-order chi connectivity index (χ0) is 10.9. The molecule has 2 fully saturated rings. The molecule has 0 bridgehead atoms. The van der Waals surface area contributed by atoms with Crippen molar-refractivity contribution in [2.75, 3.05) is 13.1 Å². The first-order valence-corrected chi connectivity index (χ1v) is 5.61. The lowest BCUT2D eigenvalue weighted by Crippen LogP contribution is -2.44. The first-order chi connectivity index (χ1) is 7.11. The molecular formula is C11H17NO3. The molecule has 2 aliphatic rings. The number of rotatable bonds is 0. The third kappa shape index (κ3) is 2.13. The summed E-state index contributed by atoms with van der Waals surface area (Å²) < 4.78 is 0. The summed E-state index contributed by atoms with van der Waals surface area (Å²) in [7, 11) is 0. The van der Waals surface area contributed by atoms with Gasteiger partial charge in [-0.1, -0.05) is 0 Å². The number of amides is 1. The lowest BCUT2D eigenvalue weighted by molar-refractivity contribution is -0.123. The fraction of sp³-hybridized carbons (Fsp3) is 0.818. The van der Waals surface area contributed by atoms with Gasteiger partial charge in [0.25, 0.3) is 0 Å². The quantitative estimate of drug-likeness (QED) is 0.665. The Hall–Kier alpha value is -1.06. The van der Waals surface area contributed by atoms with E-state index in [1.165, 1.54) is 4.90 Å². The third-order valence-electron chi connectivity index (χ3n) is 3.96. The van der Waals surface area contributed by atoms with E-state index >= 15 is 0 Å². The number of likely N-dealkylation sites (tertiary alicyclic amines) is 1. The molecule has 15 heavy (non-hydrogen) atoms. The van der Waals surface area contributed by atoms with Gasteiger partial charge in [0.15, 0.2) is 0 Å². The Balaban J connectivity index is 1.92. The molecule has 1 aliphatic heterocycles. The lowest BCUT2D eigenvalue weighted by Gasteiger charge is -2.43. The van der Waals surface area contributed by atoms with E-state index in [0.29, 0.717) is 31.7 Å². The minimum atomic E-state index is -0.809. The van der Waals surface area contributed by atoms with E-state index in [0.717, 1.165) is 25.7 Å². The average molecular weight is 211 g/mol. The van der Waals surface area contributed by atoms with E-state index in [9.17, 15) is 9.59 Å². The summed E-state index contributed by atoms with van der Waals surface area (Å²) in [5.74, 6) is 0.376. The van der Waals surface area contributed by atoms with Crippen LogP contribution in [0.4, 0.5) is 4.79 Å². The Morgan fingerprint density at radius 2 is 1.67 bits per heavy atom. The average Bonchev–Trinajstić information content (AvgIpc) is 2.24. The van der Waals surface area contributed by atoms with Crippen LogP contribution in [0.3, 0.4) is 0 Å². The monoisotopic (exact) mass is 211 g/mol. The van der Waals surface area contributed by atoms with Crippen LogP contribution in [-0.2, 0) is 4.79 Å². The number of Topliss-reactive ketones (excluding diaryl/α,β-unsaturated/α-hetero) is 1. The fourth-order valence-corrected chi connectivity index (χ4v) is 2.73. The molecule has 1 saturated heterocycles. The molecule has 0 radical (unpaired) electrons. The van der Waals surface area contributed by atoms with Crippen LogP contribution in [0.1, 0.15) is 38.5 Å². The predicted molar refractivity (Wildman–Crippen MR) is 54.7 cm³/mol. The van der Waals surface area contributed by atoms with Crippen LogP contribution in [0.5, 0.6) is 0 Å². The highest BCUT2D eigenvalue weighted by atomic mass is 16.4. The van der Waals surface area contributed by atoms with Crippen LogP contribution in [0.25, 0.3) is 0 Å². The highest BCUT2D eigenvalue weighted by Crippen LogP contribution is 2.43. The van der Waals surface area contributed by atoms with Crippen molar-refractivity contribution in [3.63, 3.8) is 0 Å². The molecule has 1 aliphatic carbocycles. The standard InChI is InChI=1S/C11H17NO3/c13-9-1-3-11(4-2-9)5-7-12(8-6-11)10(14)15/h1-8H2,(H,14,15). The molecule has 0 unspecified atom stereocenters. The highest BCUT2D eigenvalue weighted by molar-refractivity contribution is 5.79. The summed E-state index contributed by atoms with van der Waals surface area (Å²) in [5.41, 5.74) is 0.278. The predicted octanol–water partition coefficient (Wildman–Crippen LogP) is 1.89. The molecule has 2 rings (SSSR count). The summed E-state index contributed by atoms with van der Waals surface area (Å²) in [6.07, 6.45) is 4.41. The van der Waals surface area contributed by atoms with Gasteiger partial charge in [0.05, 0.1) is 0 Å². The second kappa shape index (κ2) is 3.83. The van der Waals surface area contributed by atoms with E-state index < -0.39 is 6.09 Å². The van der Waals surface area contributed by atoms with Crippen molar-refractivity contribution in [3.05, 3.63) is 0 Å². The maximum atomic E-state index is 11.2. The topological polar surface area (TPSA) is 57.6 Å². The van der Waals surface area contributed by atoms with Crippen molar-refractivity contribution in [1.82, 2.24) is 4.90 Å². The van der Waals surface area contributed by atoms with Crippen molar-refractivity contribution < 1.29 is 14.7 Å². The molecule has 4 heteroatoms. The zero-order valence-corrected chi connectivity index (χ0v) is 8.87. The van der Waals surface area contributed by atoms with Gasteiger partial charge in [-0.25, -0.2) is 4.79 Å². The van der Waals surface area contributed by atoms with Crippen molar-refractivity contribution in [2.24, 2.45) is 5.41 Å². The molecular weight excluding hydrogens is 194 g/mol. The highest BCUT2D eigenvalue weighted by Gasteiger charge is 2.38. The summed E-state index contributed by atoms with van der Waals surface area (Å²) in [5, 5.41) is 8.84. The molecule has 0 aromatic rings. The van der Waals surface area contributed by atoms with Gasteiger partial charge in [-0.05, 0) is 31.1 Å². The molecule has 0 aromatic heterocycles. The number of hydrogen-bond acceptors (Lipinski definition) is 2. The number of ketones is 1. The van der Waals surface area contributed by atoms with Crippen molar-refractivity contribution in [1.29, 1.82) is 0 Å². The summed E-state index contributed by atoms with van der Waals surface area (Å²) >= 11 is 0. The number of nitrogens with zero attached hydrogens (tertiary/aromatic N) is 1. The van der Waals surface area contributed by atoms with E-state index in [-0.39, 0.29) is 5.41 Å². The second-order valence-electron chi connectivity index (χ2n) is 4.81. The van der Waals surface area contributed by atoms with E-state index in [1.54, 1.807) is 0 Å². The van der Waals surface area contributed by atoms with Crippen LogP contribution < -0.4 is 0 Å². The normalized spacial score (nSPS) is 25.6. The van der Waals surface area contributed by atoms with Gasteiger partial charge in [0.1, 0.15) is 5.78 Å². The molecule has 1 heterocycles. The maximum absolute atomic E-state index is 11.2. The van der Waals surface area contributed by atoms with Gasteiger partial charge in [0.2, 0.25) is 0 Å². The SMILES string of the molecule is O=C1CCC2(CC1)CCN(C(=O)O)CC2. The minimum absolute atomic E-state index is 0.278. The van der Waals surface area contributed by atoms with Gasteiger partial charge < -0.3 is 10.0 Å². The first kappa shape index (κ1) is 10.5. The number of carbonyl (C=O) groups is 2. The Morgan fingerprint density at radius 3 is 2.13 bits per heavy atom. The van der Waals surface area contributed by atoms with Crippen LogP contribution in [0.2, 0.25) is 0 Å². The third-order valence-corrected chi connectivity index (χ3v) is 3.96. The molecule has 1 spiro atoms. The van der Waals surface area contributed by atoms with Gasteiger partial charge in [-0.15, -0.1) is 0 Å². The minimum Gasteiger partial charge on any atom is -0.465 e. The summed E-state index contributed by atoms with van der Waals surface area (Å²) in [4.78, 5) is 23.4. The molecule has 0 atom stereocenters. The largest absolute Gasteiger partial charge is 0.465 e. The van der Waals surface area contributed by atoms with Gasteiger partial charge in [0, 0.05) is 25.9 Å². The van der Waals surface area contributed by atoms with Crippen LogP contribution >= 0.6 is 0 Å². The van der Waals surface area contributed by atoms with Gasteiger partial charge in [-0.3, -0.25) is 4.79 Å². The molecule has 0 aromatic carbocycles. The Kier molecular flexibility index (Phi) is 2.67. The zero-order valence-electron chi connectivity index (χ0n) is 8.87.